The molecular weight excluding hydrogens is 542 g/mol. The molecule has 0 spiro atoms. The second-order valence-electron chi connectivity index (χ2n) is 9.50. The van der Waals surface area contributed by atoms with Gasteiger partial charge in [0.1, 0.15) is 12.4 Å². The highest BCUT2D eigenvalue weighted by Crippen LogP contribution is 2.31. The van der Waals surface area contributed by atoms with Crippen LogP contribution in [-0.4, -0.2) is 22.1 Å². The van der Waals surface area contributed by atoms with Crippen molar-refractivity contribution in [1.82, 2.24) is 4.57 Å². The molecule has 0 aliphatic carbocycles. The standard InChI is InChI=1S/C31H27N3O6S/c1-4-39-30(36)27-20(3)32-31-33(28(27)23-12-8-19(2)9-13-23)29(35)26(41-31)17-22-6-5-7-25(16-22)40-18-21-10-14-24(15-11-21)34(37)38/h5-17,28H,4,18H2,1-3H3/b26-17-. The summed E-state index contributed by atoms with van der Waals surface area (Å²) in [4.78, 5) is 42.4. The van der Waals surface area contributed by atoms with Crippen molar-refractivity contribution in [3.8, 4) is 5.75 Å². The molecule has 0 fully saturated rings. The highest BCUT2D eigenvalue weighted by Gasteiger charge is 2.33. The quantitative estimate of drug-likeness (QED) is 0.174. The summed E-state index contributed by atoms with van der Waals surface area (Å²) in [5.74, 6) is 0.0920. The zero-order chi connectivity index (χ0) is 29.1. The van der Waals surface area contributed by atoms with E-state index in [1.54, 1.807) is 42.7 Å². The van der Waals surface area contributed by atoms with Gasteiger partial charge < -0.3 is 9.47 Å². The van der Waals surface area contributed by atoms with Crippen LogP contribution < -0.4 is 19.6 Å². The summed E-state index contributed by atoms with van der Waals surface area (Å²) in [7, 11) is 0. The van der Waals surface area contributed by atoms with Crippen molar-refractivity contribution in [3.05, 3.63) is 136 Å². The summed E-state index contributed by atoms with van der Waals surface area (Å²) >= 11 is 1.26. The van der Waals surface area contributed by atoms with Gasteiger partial charge in [0.25, 0.3) is 11.2 Å². The number of ether oxygens (including phenoxy) is 2. The number of rotatable bonds is 8. The van der Waals surface area contributed by atoms with Gasteiger partial charge in [0.2, 0.25) is 0 Å². The Kier molecular flexibility index (Phi) is 7.93. The van der Waals surface area contributed by atoms with Gasteiger partial charge in [-0.05, 0) is 67.8 Å². The Balaban J connectivity index is 1.49. The number of carbonyl (C=O) groups is 1. The molecule has 2 heterocycles. The SMILES string of the molecule is CCOC(=O)C1=C(C)N=c2s/c(=C\c3cccc(OCc4ccc([N+](=O)[O-])cc4)c3)c(=O)n2C1c1ccc(C)cc1. The molecule has 5 rings (SSSR count). The van der Waals surface area contributed by atoms with E-state index < -0.39 is 16.9 Å². The van der Waals surface area contributed by atoms with E-state index in [9.17, 15) is 19.7 Å². The lowest BCUT2D eigenvalue weighted by Gasteiger charge is -2.24. The molecular formula is C31H27N3O6S. The average Bonchev–Trinajstić information content (AvgIpc) is 3.26. The van der Waals surface area contributed by atoms with Gasteiger partial charge in [0, 0.05) is 12.1 Å². The third-order valence-electron chi connectivity index (χ3n) is 6.62. The summed E-state index contributed by atoms with van der Waals surface area (Å²) < 4.78 is 13.3. The van der Waals surface area contributed by atoms with E-state index in [0.717, 1.165) is 22.3 Å². The van der Waals surface area contributed by atoms with Gasteiger partial charge in [0.05, 0.1) is 33.4 Å². The molecule has 1 aliphatic heterocycles. The maximum atomic E-state index is 13.8. The molecule has 0 amide bonds. The highest BCUT2D eigenvalue weighted by molar-refractivity contribution is 7.07. The lowest BCUT2D eigenvalue weighted by molar-refractivity contribution is -0.384. The number of hydrogen-bond acceptors (Lipinski definition) is 8. The van der Waals surface area contributed by atoms with E-state index >= 15 is 0 Å². The van der Waals surface area contributed by atoms with E-state index in [0.29, 0.717) is 26.4 Å². The van der Waals surface area contributed by atoms with Crippen molar-refractivity contribution in [2.45, 2.75) is 33.4 Å². The number of allylic oxidation sites excluding steroid dienone is 1. The van der Waals surface area contributed by atoms with Gasteiger partial charge in [-0.1, -0.05) is 53.3 Å². The molecule has 0 radical (unpaired) electrons. The molecule has 4 aromatic rings. The molecule has 1 unspecified atom stereocenters. The average molecular weight is 570 g/mol. The fourth-order valence-corrected chi connectivity index (χ4v) is 5.63. The van der Waals surface area contributed by atoms with E-state index in [1.165, 1.54) is 23.5 Å². The summed E-state index contributed by atoms with van der Waals surface area (Å²) in [5, 5.41) is 10.9. The third kappa shape index (κ3) is 5.87. The first-order valence-corrected chi connectivity index (χ1v) is 13.8. The minimum absolute atomic E-state index is 0.0198. The Morgan fingerprint density at radius 2 is 1.83 bits per heavy atom. The predicted molar refractivity (Wildman–Crippen MR) is 155 cm³/mol. The van der Waals surface area contributed by atoms with Crippen LogP contribution in [0.15, 0.2) is 93.9 Å². The molecule has 208 valence electrons. The Labute approximate surface area is 239 Å². The van der Waals surface area contributed by atoms with E-state index in [-0.39, 0.29) is 24.5 Å². The number of esters is 1. The maximum absolute atomic E-state index is 13.8. The molecule has 1 atom stereocenters. The van der Waals surface area contributed by atoms with Crippen molar-refractivity contribution >= 4 is 29.1 Å². The lowest BCUT2D eigenvalue weighted by Crippen LogP contribution is -2.39. The number of nitro groups is 1. The number of hydrogen-bond donors (Lipinski definition) is 0. The maximum Gasteiger partial charge on any atom is 0.338 e. The molecule has 41 heavy (non-hydrogen) atoms. The van der Waals surface area contributed by atoms with Crippen LogP contribution in [0.2, 0.25) is 0 Å². The molecule has 1 aliphatic rings. The van der Waals surface area contributed by atoms with Gasteiger partial charge in [-0.2, -0.15) is 0 Å². The highest BCUT2D eigenvalue weighted by atomic mass is 32.1. The molecule has 0 saturated carbocycles. The van der Waals surface area contributed by atoms with Crippen molar-refractivity contribution in [1.29, 1.82) is 0 Å². The van der Waals surface area contributed by atoms with E-state index in [2.05, 4.69) is 4.99 Å². The Hall–Kier alpha value is -4.83. The molecule has 1 aromatic heterocycles. The lowest BCUT2D eigenvalue weighted by atomic mass is 9.95. The molecule has 10 heteroatoms. The zero-order valence-corrected chi connectivity index (χ0v) is 23.5. The number of benzene rings is 3. The summed E-state index contributed by atoms with van der Waals surface area (Å²) in [6, 6.07) is 20.6. The Morgan fingerprint density at radius 1 is 1.10 bits per heavy atom. The van der Waals surface area contributed by atoms with Gasteiger partial charge in [-0.15, -0.1) is 0 Å². The fraction of sp³-hybridized carbons (Fsp3) is 0.194. The summed E-state index contributed by atoms with van der Waals surface area (Å²) in [6.45, 7) is 5.93. The van der Waals surface area contributed by atoms with Gasteiger partial charge in [0.15, 0.2) is 4.80 Å². The number of thiazole rings is 1. The molecule has 9 nitrogen and oxygen atoms in total. The van der Waals surface area contributed by atoms with Crippen LogP contribution in [0.3, 0.4) is 0 Å². The summed E-state index contributed by atoms with van der Waals surface area (Å²) in [6.07, 6.45) is 1.78. The van der Waals surface area contributed by atoms with Crippen molar-refractivity contribution in [3.63, 3.8) is 0 Å². The number of carbonyl (C=O) groups excluding carboxylic acids is 1. The number of nitrogens with zero attached hydrogens (tertiary/aromatic N) is 3. The second-order valence-corrected chi connectivity index (χ2v) is 10.5. The zero-order valence-electron chi connectivity index (χ0n) is 22.7. The number of nitro benzene ring substituents is 1. The predicted octanol–water partition coefficient (Wildman–Crippen LogP) is 4.59. The minimum Gasteiger partial charge on any atom is -0.489 e. The van der Waals surface area contributed by atoms with Gasteiger partial charge in [-0.3, -0.25) is 19.5 Å². The van der Waals surface area contributed by atoms with E-state index in [1.807, 2.05) is 49.4 Å². The fourth-order valence-electron chi connectivity index (χ4n) is 4.58. The van der Waals surface area contributed by atoms with Crippen LogP contribution in [0, 0.1) is 17.0 Å². The van der Waals surface area contributed by atoms with Gasteiger partial charge >= 0.3 is 5.97 Å². The van der Waals surface area contributed by atoms with Crippen LogP contribution >= 0.6 is 11.3 Å². The first-order chi connectivity index (χ1) is 19.7. The topological polar surface area (TPSA) is 113 Å². The first kappa shape index (κ1) is 27.7. The van der Waals surface area contributed by atoms with Crippen LogP contribution in [0.25, 0.3) is 6.08 Å². The van der Waals surface area contributed by atoms with Crippen LogP contribution in [0.4, 0.5) is 5.69 Å². The summed E-state index contributed by atoms with van der Waals surface area (Å²) in [5.41, 5.74) is 4.03. The minimum atomic E-state index is -0.663. The number of aryl methyl sites for hydroxylation is 1. The Bertz CT molecular complexity index is 1840. The van der Waals surface area contributed by atoms with Crippen LogP contribution in [0.1, 0.15) is 42.1 Å². The molecule has 3 aromatic carbocycles. The molecule has 0 saturated heterocycles. The number of non-ortho nitro benzene ring substituents is 1. The first-order valence-electron chi connectivity index (χ1n) is 13.0. The monoisotopic (exact) mass is 569 g/mol. The van der Waals surface area contributed by atoms with Crippen molar-refractivity contribution in [2.75, 3.05) is 6.61 Å². The second kappa shape index (κ2) is 11.7. The third-order valence-corrected chi connectivity index (χ3v) is 7.60. The van der Waals surface area contributed by atoms with Crippen LogP contribution in [-0.2, 0) is 16.1 Å². The van der Waals surface area contributed by atoms with E-state index in [4.69, 9.17) is 9.47 Å². The van der Waals surface area contributed by atoms with Crippen molar-refractivity contribution < 1.29 is 19.2 Å². The smallest absolute Gasteiger partial charge is 0.338 e. The molecule has 0 bridgehead atoms. The largest absolute Gasteiger partial charge is 0.489 e. The Morgan fingerprint density at radius 3 is 2.51 bits per heavy atom. The molecule has 0 N–H and O–H groups in total. The van der Waals surface area contributed by atoms with Crippen molar-refractivity contribution in [2.24, 2.45) is 4.99 Å². The normalized spacial score (nSPS) is 14.8. The van der Waals surface area contributed by atoms with Crippen LogP contribution in [0.5, 0.6) is 5.75 Å². The number of aromatic nitrogens is 1. The van der Waals surface area contributed by atoms with Gasteiger partial charge in [-0.25, -0.2) is 9.79 Å². The number of fused-ring (bicyclic) bond motifs is 1.